The molecule has 4 rings (SSSR count). The van der Waals surface area contributed by atoms with E-state index in [0.29, 0.717) is 12.2 Å². The number of phenolic OH excluding ortho intramolecular Hbond substituents is 1. The number of nitrogens with zero attached hydrogens (tertiary/aromatic N) is 1. The standard InChI is InChI=1S/C22H23NO2.C5H12.CH4/c1-15-3-2-4-18(11-15)22(25)10-8-19-12-17-7-9-20(24)13-21(17)23(19)14-16-5-6-16;1-4-5(2)3;/h2-4,7,9,11-13,16,24H,5-6,8,10,14H2,1H3;5H,4H2,1-3H3;1H4. The van der Waals surface area contributed by atoms with Crippen LogP contribution in [0.2, 0.25) is 0 Å². The predicted molar refractivity (Wildman–Crippen MR) is 132 cm³/mol. The zero-order chi connectivity index (χ0) is 21.7. The number of Topliss-reactive ketones (excluding diaryl/α,β-unsaturated/α-hetero) is 1. The van der Waals surface area contributed by atoms with Gasteiger partial charge in [0.15, 0.2) is 5.78 Å². The van der Waals surface area contributed by atoms with E-state index >= 15 is 0 Å². The molecule has 0 saturated heterocycles. The number of ketones is 1. The van der Waals surface area contributed by atoms with Gasteiger partial charge in [-0.15, -0.1) is 0 Å². The minimum absolute atomic E-state index is 0. The number of benzene rings is 2. The van der Waals surface area contributed by atoms with Crippen molar-refractivity contribution in [3.05, 3.63) is 65.4 Å². The maximum Gasteiger partial charge on any atom is 0.163 e. The van der Waals surface area contributed by atoms with Crippen LogP contribution in [0.15, 0.2) is 48.5 Å². The van der Waals surface area contributed by atoms with E-state index in [4.69, 9.17) is 0 Å². The lowest BCUT2D eigenvalue weighted by Crippen LogP contribution is -2.07. The van der Waals surface area contributed by atoms with E-state index in [0.717, 1.165) is 46.8 Å². The number of rotatable bonds is 7. The van der Waals surface area contributed by atoms with Crippen molar-refractivity contribution in [1.82, 2.24) is 4.57 Å². The summed E-state index contributed by atoms with van der Waals surface area (Å²) in [5.74, 6) is 2.11. The Balaban J connectivity index is 0.000000514. The Labute approximate surface area is 188 Å². The zero-order valence-electron chi connectivity index (χ0n) is 18.8. The molecule has 0 amide bonds. The van der Waals surface area contributed by atoms with Gasteiger partial charge in [-0.05, 0) is 62.3 Å². The number of aromatic hydroxyl groups is 1. The molecule has 0 spiro atoms. The van der Waals surface area contributed by atoms with E-state index in [1.165, 1.54) is 25.0 Å². The van der Waals surface area contributed by atoms with Crippen LogP contribution in [0.25, 0.3) is 10.9 Å². The highest BCUT2D eigenvalue weighted by atomic mass is 16.3. The summed E-state index contributed by atoms with van der Waals surface area (Å²) in [5, 5.41) is 11.0. The third-order valence-electron chi connectivity index (χ3n) is 5.88. The highest BCUT2D eigenvalue weighted by molar-refractivity contribution is 5.96. The molecule has 1 aliphatic rings. The van der Waals surface area contributed by atoms with Gasteiger partial charge in [-0.1, -0.05) is 58.4 Å². The Kier molecular flexibility index (Phi) is 8.91. The number of carbonyl (C=O) groups is 1. The molecule has 1 aromatic heterocycles. The van der Waals surface area contributed by atoms with Gasteiger partial charge in [0.2, 0.25) is 0 Å². The smallest absolute Gasteiger partial charge is 0.163 e. The van der Waals surface area contributed by atoms with Crippen LogP contribution < -0.4 is 0 Å². The Morgan fingerprint density at radius 1 is 1.13 bits per heavy atom. The summed E-state index contributed by atoms with van der Waals surface area (Å²) >= 11 is 0. The van der Waals surface area contributed by atoms with E-state index in [-0.39, 0.29) is 13.2 Å². The normalized spacial score (nSPS) is 12.9. The van der Waals surface area contributed by atoms with Crippen molar-refractivity contribution in [3.63, 3.8) is 0 Å². The minimum atomic E-state index is 0. The second-order valence-electron chi connectivity index (χ2n) is 9.03. The second-order valence-corrected chi connectivity index (χ2v) is 9.03. The van der Waals surface area contributed by atoms with E-state index in [1.807, 2.05) is 43.3 Å². The first-order valence-electron chi connectivity index (χ1n) is 11.3. The van der Waals surface area contributed by atoms with E-state index < -0.39 is 0 Å². The maximum absolute atomic E-state index is 12.5. The third kappa shape index (κ3) is 6.99. The van der Waals surface area contributed by atoms with Crippen molar-refractivity contribution < 1.29 is 9.90 Å². The average Bonchev–Trinajstić information content (AvgIpc) is 3.48. The van der Waals surface area contributed by atoms with E-state index in [2.05, 4.69) is 31.4 Å². The molecule has 1 aliphatic carbocycles. The van der Waals surface area contributed by atoms with Crippen LogP contribution in [0.5, 0.6) is 5.75 Å². The number of hydrogen-bond acceptors (Lipinski definition) is 2. The predicted octanol–water partition coefficient (Wildman–Crippen LogP) is 7.57. The first kappa shape index (κ1) is 24.7. The van der Waals surface area contributed by atoms with Crippen LogP contribution in [0, 0.1) is 18.8 Å². The number of hydrogen-bond donors (Lipinski definition) is 1. The Hall–Kier alpha value is -2.55. The third-order valence-corrected chi connectivity index (χ3v) is 5.88. The van der Waals surface area contributed by atoms with Gasteiger partial charge in [0.05, 0.1) is 5.52 Å². The summed E-state index contributed by atoms with van der Waals surface area (Å²) < 4.78 is 2.30. The summed E-state index contributed by atoms with van der Waals surface area (Å²) in [6, 6.07) is 15.5. The van der Waals surface area contributed by atoms with Gasteiger partial charge in [0.25, 0.3) is 0 Å². The van der Waals surface area contributed by atoms with Gasteiger partial charge in [0.1, 0.15) is 5.75 Å². The molecule has 1 fully saturated rings. The van der Waals surface area contributed by atoms with Crippen molar-refractivity contribution in [2.24, 2.45) is 11.8 Å². The topological polar surface area (TPSA) is 42.2 Å². The largest absolute Gasteiger partial charge is 0.508 e. The summed E-state index contributed by atoms with van der Waals surface area (Å²) in [6.07, 6.45) is 5.10. The quantitative estimate of drug-likeness (QED) is 0.400. The summed E-state index contributed by atoms with van der Waals surface area (Å²) in [5.41, 5.74) is 4.17. The molecule has 0 unspecified atom stereocenters. The fraction of sp³-hybridized carbons (Fsp3) is 0.464. The number of aromatic nitrogens is 1. The van der Waals surface area contributed by atoms with Crippen molar-refractivity contribution in [1.29, 1.82) is 0 Å². The number of carbonyl (C=O) groups excluding carboxylic acids is 1. The summed E-state index contributed by atoms with van der Waals surface area (Å²) in [6.45, 7) is 9.64. The number of phenols is 1. The minimum Gasteiger partial charge on any atom is -0.508 e. The molecule has 3 aromatic rings. The molecule has 168 valence electrons. The van der Waals surface area contributed by atoms with Crippen LogP contribution >= 0.6 is 0 Å². The van der Waals surface area contributed by atoms with Crippen LogP contribution in [-0.2, 0) is 13.0 Å². The molecule has 1 heterocycles. The average molecular weight is 422 g/mol. The Morgan fingerprint density at radius 2 is 1.84 bits per heavy atom. The molecule has 3 heteroatoms. The first-order valence-corrected chi connectivity index (χ1v) is 11.3. The number of fused-ring (bicyclic) bond motifs is 1. The van der Waals surface area contributed by atoms with Gasteiger partial charge < -0.3 is 9.67 Å². The van der Waals surface area contributed by atoms with E-state index in [9.17, 15) is 9.90 Å². The fourth-order valence-electron chi connectivity index (χ4n) is 3.49. The summed E-state index contributed by atoms with van der Waals surface area (Å²) in [4.78, 5) is 12.5. The van der Waals surface area contributed by atoms with Crippen LogP contribution in [-0.4, -0.2) is 15.5 Å². The Bertz CT molecular complexity index is 995. The van der Waals surface area contributed by atoms with Crippen LogP contribution in [0.3, 0.4) is 0 Å². The first-order chi connectivity index (χ1) is 14.4. The van der Waals surface area contributed by atoms with Crippen molar-refractivity contribution in [3.8, 4) is 5.75 Å². The van der Waals surface area contributed by atoms with Gasteiger partial charge in [-0.2, -0.15) is 0 Å². The molecule has 3 nitrogen and oxygen atoms in total. The van der Waals surface area contributed by atoms with Gasteiger partial charge >= 0.3 is 0 Å². The molecular weight excluding hydrogens is 382 g/mol. The lowest BCUT2D eigenvalue weighted by Gasteiger charge is -2.10. The highest BCUT2D eigenvalue weighted by Gasteiger charge is 2.24. The van der Waals surface area contributed by atoms with Gasteiger partial charge in [0, 0.05) is 35.7 Å². The monoisotopic (exact) mass is 421 g/mol. The molecule has 1 N–H and O–H groups in total. The Morgan fingerprint density at radius 3 is 2.45 bits per heavy atom. The molecule has 2 aromatic carbocycles. The zero-order valence-corrected chi connectivity index (χ0v) is 18.8. The SMILES string of the molecule is C.CCC(C)C.Cc1cccc(C(=O)CCc2cc3ccc(O)cc3n2CC2CC2)c1. The van der Waals surface area contributed by atoms with Crippen molar-refractivity contribution >= 4 is 16.7 Å². The molecule has 1 saturated carbocycles. The maximum atomic E-state index is 12.5. The highest BCUT2D eigenvalue weighted by Crippen LogP contribution is 2.34. The van der Waals surface area contributed by atoms with Crippen LogP contribution in [0.1, 0.15) is 75.5 Å². The molecular formula is C28H39NO2. The van der Waals surface area contributed by atoms with Crippen molar-refractivity contribution in [2.45, 2.75) is 73.8 Å². The fourth-order valence-corrected chi connectivity index (χ4v) is 3.49. The lowest BCUT2D eigenvalue weighted by molar-refractivity contribution is 0.0982. The van der Waals surface area contributed by atoms with Gasteiger partial charge in [-0.25, -0.2) is 0 Å². The molecule has 0 radical (unpaired) electrons. The second kappa shape index (κ2) is 11.2. The molecule has 0 atom stereocenters. The van der Waals surface area contributed by atoms with Crippen molar-refractivity contribution in [2.75, 3.05) is 0 Å². The van der Waals surface area contributed by atoms with Gasteiger partial charge in [-0.3, -0.25) is 4.79 Å². The molecule has 0 bridgehead atoms. The summed E-state index contributed by atoms with van der Waals surface area (Å²) in [7, 11) is 0. The molecule has 31 heavy (non-hydrogen) atoms. The molecule has 0 aliphatic heterocycles. The van der Waals surface area contributed by atoms with Crippen LogP contribution in [0.4, 0.5) is 0 Å². The lowest BCUT2D eigenvalue weighted by atomic mass is 10.0. The number of aryl methyl sites for hydroxylation is 2. The van der Waals surface area contributed by atoms with E-state index in [1.54, 1.807) is 6.07 Å².